The highest BCUT2D eigenvalue weighted by Crippen LogP contribution is 2.29. The Morgan fingerprint density at radius 2 is 2.19 bits per heavy atom. The zero-order chi connectivity index (χ0) is 12.3. The Morgan fingerprint density at radius 3 is 2.62 bits per heavy atom. The van der Waals surface area contributed by atoms with Crippen LogP contribution >= 0.6 is 11.6 Å². The minimum absolute atomic E-state index is 0.322. The van der Waals surface area contributed by atoms with Crippen LogP contribution in [-0.4, -0.2) is 27.7 Å². The molecule has 0 aromatic carbocycles. The molecule has 5 nitrogen and oxygen atoms in total. The number of carboxylic acid groups (broad SMARTS) is 1. The molecule has 0 aliphatic rings. The van der Waals surface area contributed by atoms with Crippen LogP contribution in [0.1, 0.15) is 5.82 Å². The Hall–Kier alpha value is -1.57. The van der Waals surface area contributed by atoms with Gasteiger partial charge in [-0.25, -0.2) is 14.8 Å². The lowest BCUT2D eigenvalue weighted by Gasteiger charge is -2.07. The number of carboxylic acids is 1. The molecule has 0 amide bonds. The number of hydrogen-bond donors (Lipinski definition) is 1. The average Bonchev–Trinajstić information content (AvgIpc) is 2.14. The Bertz CT molecular complexity index is 410. The van der Waals surface area contributed by atoms with E-state index in [4.69, 9.17) is 16.7 Å². The van der Waals surface area contributed by atoms with Crippen molar-refractivity contribution in [2.75, 3.05) is 6.61 Å². The standard InChI is InChI=1S/C7H4ClF3N2O3/c8-5-3(16-2-4(14)15)1-12-6(13-5)7(9,10)11/h1H,2H2,(H,14,15). The molecule has 0 atom stereocenters. The van der Waals surface area contributed by atoms with E-state index in [1.165, 1.54) is 0 Å². The van der Waals surface area contributed by atoms with Gasteiger partial charge in [0, 0.05) is 0 Å². The fourth-order valence-corrected chi connectivity index (χ4v) is 0.906. The van der Waals surface area contributed by atoms with Gasteiger partial charge in [0.15, 0.2) is 17.5 Å². The summed E-state index contributed by atoms with van der Waals surface area (Å²) in [5.41, 5.74) is 0. The van der Waals surface area contributed by atoms with Gasteiger partial charge in [0.05, 0.1) is 6.20 Å². The Kier molecular flexibility index (Phi) is 3.53. The van der Waals surface area contributed by atoms with E-state index in [9.17, 15) is 18.0 Å². The lowest BCUT2D eigenvalue weighted by molar-refractivity contribution is -0.145. The minimum atomic E-state index is -4.71. The maximum atomic E-state index is 12.1. The minimum Gasteiger partial charge on any atom is -0.479 e. The lowest BCUT2D eigenvalue weighted by atomic mass is 10.5. The van der Waals surface area contributed by atoms with Gasteiger partial charge in [0.1, 0.15) is 0 Å². The van der Waals surface area contributed by atoms with Crippen molar-refractivity contribution in [1.29, 1.82) is 0 Å². The molecular weight excluding hydrogens is 253 g/mol. The molecule has 0 bridgehead atoms. The molecule has 1 aromatic heterocycles. The summed E-state index contributed by atoms with van der Waals surface area (Å²) in [5, 5.41) is 7.67. The van der Waals surface area contributed by atoms with Crippen molar-refractivity contribution in [2.24, 2.45) is 0 Å². The van der Waals surface area contributed by atoms with Gasteiger partial charge in [0.25, 0.3) is 0 Å². The van der Waals surface area contributed by atoms with Gasteiger partial charge >= 0.3 is 12.1 Å². The lowest BCUT2D eigenvalue weighted by Crippen LogP contribution is -2.13. The van der Waals surface area contributed by atoms with Crippen LogP contribution in [0.5, 0.6) is 5.75 Å². The molecule has 1 rings (SSSR count). The fraction of sp³-hybridized carbons (Fsp3) is 0.286. The number of ether oxygens (including phenoxy) is 1. The second-order valence-corrected chi connectivity index (χ2v) is 2.89. The Balaban J connectivity index is 2.88. The summed E-state index contributed by atoms with van der Waals surface area (Å²) in [4.78, 5) is 16.0. The Morgan fingerprint density at radius 1 is 1.56 bits per heavy atom. The molecule has 1 aromatic rings. The number of aliphatic carboxylic acids is 1. The van der Waals surface area contributed by atoms with Crippen molar-refractivity contribution in [3.05, 3.63) is 17.2 Å². The Labute approximate surface area is 91.8 Å². The highest BCUT2D eigenvalue weighted by Gasteiger charge is 2.35. The third-order valence-corrected chi connectivity index (χ3v) is 1.59. The molecule has 0 aliphatic carbocycles. The summed E-state index contributed by atoms with van der Waals surface area (Å²) >= 11 is 5.35. The molecule has 0 fully saturated rings. The molecular formula is C7H4ClF3N2O3. The van der Waals surface area contributed by atoms with Crippen LogP contribution in [0.4, 0.5) is 13.2 Å². The van der Waals surface area contributed by atoms with Crippen LogP contribution in [0.2, 0.25) is 5.15 Å². The molecule has 0 radical (unpaired) electrons. The fourth-order valence-electron chi connectivity index (χ4n) is 0.723. The van der Waals surface area contributed by atoms with Gasteiger partial charge < -0.3 is 9.84 Å². The third-order valence-electron chi connectivity index (χ3n) is 1.32. The van der Waals surface area contributed by atoms with Crippen LogP contribution in [0.15, 0.2) is 6.20 Å². The summed E-state index contributed by atoms with van der Waals surface area (Å²) in [6.45, 7) is -0.742. The number of nitrogens with zero attached hydrogens (tertiary/aromatic N) is 2. The smallest absolute Gasteiger partial charge is 0.451 e. The highest BCUT2D eigenvalue weighted by atomic mass is 35.5. The monoisotopic (exact) mass is 256 g/mol. The van der Waals surface area contributed by atoms with Gasteiger partial charge in [-0.1, -0.05) is 11.6 Å². The number of carbonyl (C=O) groups is 1. The van der Waals surface area contributed by atoms with Crippen molar-refractivity contribution in [3.8, 4) is 5.75 Å². The summed E-state index contributed by atoms with van der Waals surface area (Å²) in [6, 6.07) is 0. The quantitative estimate of drug-likeness (QED) is 0.832. The topological polar surface area (TPSA) is 72.3 Å². The van der Waals surface area contributed by atoms with E-state index in [1.54, 1.807) is 0 Å². The van der Waals surface area contributed by atoms with Crippen LogP contribution < -0.4 is 4.74 Å². The largest absolute Gasteiger partial charge is 0.479 e. The molecule has 0 saturated heterocycles. The number of alkyl halides is 3. The zero-order valence-corrected chi connectivity index (χ0v) is 8.21. The SMILES string of the molecule is O=C(O)COc1cnc(C(F)(F)F)nc1Cl. The maximum absolute atomic E-state index is 12.1. The zero-order valence-electron chi connectivity index (χ0n) is 7.45. The molecule has 0 spiro atoms. The van der Waals surface area contributed by atoms with Crippen LogP contribution in [0.3, 0.4) is 0 Å². The van der Waals surface area contributed by atoms with Crippen molar-refractivity contribution in [3.63, 3.8) is 0 Å². The first-order chi connectivity index (χ1) is 7.30. The molecule has 0 aliphatic heterocycles. The molecule has 16 heavy (non-hydrogen) atoms. The predicted octanol–water partition coefficient (Wildman–Crippen LogP) is 1.61. The van der Waals surface area contributed by atoms with Crippen molar-refractivity contribution in [2.45, 2.75) is 6.18 Å². The van der Waals surface area contributed by atoms with Crippen molar-refractivity contribution in [1.82, 2.24) is 9.97 Å². The second-order valence-electron chi connectivity index (χ2n) is 2.53. The van der Waals surface area contributed by atoms with Gasteiger partial charge in [-0.3, -0.25) is 0 Å². The van der Waals surface area contributed by atoms with Crippen LogP contribution in [-0.2, 0) is 11.0 Å². The van der Waals surface area contributed by atoms with Gasteiger partial charge in [0.2, 0.25) is 5.82 Å². The van der Waals surface area contributed by atoms with Gasteiger partial charge in [-0.05, 0) is 0 Å². The first kappa shape index (κ1) is 12.5. The molecule has 1 heterocycles. The summed E-state index contributed by atoms with van der Waals surface area (Å²) in [7, 11) is 0. The molecule has 0 saturated carbocycles. The highest BCUT2D eigenvalue weighted by molar-refractivity contribution is 6.30. The van der Waals surface area contributed by atoms with E-state index in [0.29, 0.717) is 6.20 Å². The summed E-state index contributed by atoms with van der Waals surface area (Å²) in [6.07, 6.45) is -4.05. The van der Waals surface area contributed by atoms with Gasteiger partial charge in [-0.2, -0.15) is 13.2 Å². The van der Waals surface area contributed by atoms with Crippen LogP contribution in [0.25, 0.3) is 0 Å². The van der Waals surface area contributed by atoms with E-state index in [1.807, 2.05) is 0 Å². The van der Waals surface area contributed by atoms with Crippen molar-refractivity contribution >= 4 is 17.6 Å². The third kappa shape index (κ3) is 3.23. The van der Waals surface area contributed by atoms with E-state index >= 15 is 0 Å². The predicted molar refractivity (Wildman–Crippen MR) is 45.2 cm³/mol. The second kappa shape index (κ2) is 4.52. The molecule has 1 N–H and O–H groups in total. The number of aromatic nitrogens is 2. The van der Waals surface area contributed by atoms with Crippen molar-refractivity contribution < 1.29 is 27.8 Å². The first-order valence-electron chi connectivity index (χ1n) is 3.75. The number of halogens is 4. The normalized spacial score (nSPS) is 11.2. The molecule has 9 heteroatoms. The van der Waals surface area contributed by atoms with E-state index in [2.05, 4.69) is 14.7 Å². The average molecular weight is 257 g/mol. The number of hydrogen-bond acceptors (Lipinski definition) is 4. The maximum Gasteiger partial charge on any atom is 0.451 e. The number of rotatable bonds is 3. The first-order valence-corrected chi connectivity index (χ1v) is 4.13. The molecule has 88 valence electrons. The van der Waals surface area contributed by atoms with E-state index < -0.39 is 29.7 Å². The van der Waals surface area contributed by atoms with Gasteiger partial charge in [-0.15, -0.1) is 0 Å². The van der Waals surface area contributed by atoms with Crippen LogP contribution in [0, 0.1) is 0 Å². The van der Waals surface area contributed by atoms with E-state index in [-0.39, 0.29) is 5.75 Å². The van der Waals surface area contributed by atoms with E-state index in [0.717, 1.165) is 0 Å². The molecule has 0 unspecified atom stereocenters. The summed E-state index contributed by atoms with van der Waals surface area (Å²) < 4.78 is 40.8. The summed E-state index contributed by atoms with van der Waals surface area (Å²) in [5.74, 6) is -3.03.